The van der Waals surface area contributed by atoms with Crippen LogP contribution in [0.25, 0.3) is 0 Å². The Kier molecular flexibility index (Phi) is 6.46. The van der Waals surface area contributed by atoms with Gasteiger partial charge in [0, 0.05) is 15.9 Å². The number of anilines is 2. The van der Waals surface area contributed by atoms with E-state index in [9.17, 15) is 18.3 Å². The van der Waals surface area contributed by atoms with Crippen LogP contribution in [0.15, 0.2) is 88.7 Å². The van der Waals surface area contributed by atoms with Crippen molar-refractivity contribution in [1.29, 1.82) is 0 Å². The molecular weight excluding hydrogens is 408 g/mol. The van der Waals surface area contributed by atoms with E-state index in [0.717, 1.165) is 20.4 Å². The fourth-order valence-corrected chi connectivity index (χ4v) is 4.41. The number of nitrogens with zero attached hydrogens (tertiary/aromatic N) is 1. The van der Waals surface area contributed by atoms with Crippen LogP contribution in [0.2, 0.25) is 0 Å². The van der Waals surface area contributed by atoms with Crippen molar-refractivity contribution in [3.63, 3.8) is 0 Å². The normalized spacial score (nSPS) is 11.1. The number of sulfonamides is 1. The Labute approximate surface area is 174 Å². The molecule has 0 fully saturated rings. The summed E-state index contributed by atoms with van der Waals surface area (Å²) in [6, 6.07) is 22.8. The minimum Gasteiger partial charge on any atom is -0.508 e. The molecule has 0 unspecified atom stereocenters. The number of hydrogen-bond acceptors (Lipinski definition) is 5. The van der Waals surface area contributed by atoms with Gasteiger partial charge in [-0.1, -0.05) is 48.2 Å². The molecule has 0 aromatic heterocycles. The summed E-state index contributed by atoms with van der Waals surface area (Å²) in [6.07, 6.45) is 1.02. The van der Waals surface area contributed by atoms with Crippen LogP contribution in [0.3, 0.4) is 0 Å². The van der Waals surface area contributed by atoms with E-state index in [1.807, 2.05) is 42.5 Å². The van der Waals surface area contributed by atoms with Crippen molar-refractivity contribution < 1.29 is 18.3 Å². The zero-order valence-corrected chi connectivity index (χ0v) is 17.3. The summed E-state index contributed by atoms with van der Waals surface area (Å²) < 4.78 is 25.4. The van der Waals surface area contributed by atoms with Crippen LogP contribution in [0.4, 0.5) is 11.4 Å². The second kappa shape index (κ2) is 9.02. The van der Waals surface area contributed by atoms with Gasteiger partial charge < -0.3 is 10.4 Å². The maximum atomic E-state index is 12.6. The standard InChI is InChI=1S/C21H20N2O4S2/c1-29(26,27)23(16-8-7-9-17(24)14-16)15-21(25)22-19-12-5-6-13-20(19)28-18-10-3-2-4-11-18/h2-14,24H,15H2,1H3,(H,22,25). The molecule has 0 bridgehead atoms. The predicted molar refractivity (Wildman–Crippen MR) is 116 cm³/mol. The van der Waals surface area contributed by atoms with E-state index in [4.69, 9.17) is 0 Å². The summed E-state index contributed by atoms with van der Waals surface area (Å²) in [6.45, 7) is -0.410. The summed E-state index contributed by atoms with van der Waals surface area (Å²) in [5.41, 5.74) is 0.810. The maximum absolute atomic E-state index is 12.6. The molecule has 0 heterocycles. The summed E-state index contributed by atoms with van der Waals surface area (Å²) in [5, 5.41) is 12.4. The fourth-order valence-electron chi connectivity index (χ4n) is 2.64. The Morgan fingerprint density at radius 3 is 2.38 bits per heavy atom. The number of amides is 1. The van der Waals surface area contributed by atoms with Crippen molar-refractivity contribution in [2.45, 2.75) is 9.79 Å². The number of carbonyl (C=O) groups is 1. The zero-order chi connectivity index (χ0) is 20.9. The van der Waals surface area contributed by atoms with E-state index in [1.54, 1.807) is 12.1 Å². The van der Waals surface area contributed by atoms with Crippen LogP contribution in [-0.2, 0) is 14.8 Å². The lowest BCUT2D eigenvalue weighted by atomic mass is 10.3. The Morgan fingerprint density at radius 2 is 1.69 bits per heavy atom. The lowest BCUT2D eigenvalue weighted by Crippen LogP contribution is -2.37. The monoisotopic (exact) mass is 428 g/mol. The molecule has 0 saturated carbocycles. The minimum absolute atomic E-state index is 0.0823. The first kappa shape index (κ1) is 20.8. The number of phenols is 1. The lowest BCUT2D eigenvalue weighted by molar-refractivity contribution is -0.114. The van der Waals surface area contributed by atoms with Gasteiger partial charge in [-0.05, 0) is 36.4 Å². The van der Waals surface area contributed by atoms with Crippen LogP contribution in [0.5, 0.6) is 5.75 Å². The van der Waals surface area contributed by atoms with E-state index in [0.29, 0.717) is 5.69 Å². The van der Waals surface area contributed by atoms with Crippen molar-refractivity contribution in [3.05, 3.63) is 78.9 Å². The first-order chi connectivity index (χ1) is 13.8. The van der Waals surface area contributed by atoms with Crippen molar-refractivity contribution in [1.82, 2.24) is 0 Å². The SMILES string of the molecule is CS(=O)(=O)N(CC(=O)Nc1ccccc1Sc1ccccc1)c1cccc(O)c1. The Bertz CT molecular complexity index is 1100. The van der Waals surface area contributed by atoms with Crippen molar-refractivity contribution in [3.8, 4) is 5.75 Å². The third-order valence-corrected chi connectivity index (χ3v) is 6.16. The number of carbonyl (C=O) groups excluding carboxylic acids is 1. The van der Waals surface area contributed by atoms with E-state index in [-0.39, 0.29) is 11.4 Å². The number of hydrogen-bond donors (Lipinski definition) is 2. The molecule has 0 saturated heterocycles. The van der Waals surface area contributed by atoms with Gasteiger partial charge in [0.25, 0.3) is 0 Å². The number of rotatable bonds is 7. The molecule has 29 heavy (non-hydrogen) atoms. The topological polar surface area (TPSA) is 86.7 Å². The molecule has 6 nitrogen and oxygen atoms in total. The molecule has 0 radical (unpaired) electrons. The van der Waals surface area contributed by atoms with E-state index in [2.05, 4.69) is 5.32 Å². The number of phenolic OH excluding ortho intramolecular Hbond substituents is 1. The van der Waals surface area contributed by atoms with Crippen molar-refractivity contribution in [2.75, 3.05) is 22.4 Å². The van der Waals surface area contributed by atoms with Crippen LogP contribution in [0.1, 0.15) is 0 Å². The molecule has 3 aromatic rings. The quantitative estimate of drug-likeness (QED) is 0.595. The zero-order valence-electron chi connectivity index (χ0n) is 15.6. The Morgan fingerprint density at radius 1 is 1.00 bits per heavy atom. The average molecular weight is 429 g/mol. The van der Waals surface area contributed by atoms with Gasteiger partial charge in [-0.25, -0.2) is 8.42 Å². The molecule has 8 heteroatoms. The maximum Gasteiger partial charge on any atom is 0.245 e. The highest BCUT2D eigenvalue weighted by Gasteiger charge is 2.21. The molecule has 0 atom stereocenters. The highest BCUT2D eigenvalue weighted by Crippen LogP contribution is 2.33. The average Bonchev–Trinajstić information content (AvgIpc) is 2.67. The highest BCUT2D eigenvalue weighted by atomic mass is 32.2. The smallest absolute Gasteiger partial charge is 0.245 e. The summed E-state index contributed by atoms with van der Waals surface area (Å²) >= 11 is 1.50. The number of nitrogens with one attached hydrogen (secondary N) is 1. The van der Waals surface area contributed by atoms with E-state index in [1.165, 1.54) is 36.0 Å². The molecular formula is C21H20N2O4S2. The molecule has 0 aliphatic carbocycles. The van der Waals surface area contributed by atoms with Crippen molar-refractivity contribution in [2.24, 2.45) is 0 Å². The third-order valence-electron chi connectivity index (χ3n) is 3.94. The van der Waals surface area contributed by atoms with Gasteiger partial charge in [-0.15, -0.1) is 0 Å². The number of para-hydroxylation sites is 1. The molecule has 0 spiro atoms. The second-order valence-electron chi connectivity index (χ2n) is 6.25. The minimum atomic E-state index is -3.72. The number of benzene rings is 3. The molecule has 3 aromatic carbocycles. The summed E-state index contributed by atoms with van der Waals surface area (Å²) in [4.78, 5) is 14.5. The van der Waals surface area contributed by atoms with Crippen LogP contribution in [0, 0.1) is 0 Å². The van der Waals surface area contributed by atoms with Crippen molar-refractivity contribution >= 4 is 39.1 Å². The largest absolute Gasteiger partial charge is 0.508 e. The van der Waals surface area contributed by atoms with E-state index < -0.39 is 22.5 Å². The number of aromatic hydroxyl groups is 1. The molecule has 0 aliphatic rings. The molecule has 0 aliphatic heterocycles. The predicted octanol–water partition coefficient (Wildman–Crippen LogP) is 3.95. The Balaban J connectivity index is 1.79. The molecule has 3 rings (SSSR count). The first-order valence-corrected chi connectivity index (χ1v) is 11.4. The van der Waals surface area contributed by atoms with Gasteiger partial charge in [0.05, 0.1) is 17.6 Å². The van der Waals surface area contributed by atoms with E-state index >= 15 is 0 Å². The van der Waals surface area contributed by atoms with Crippen LogP contribution >= 0.6 is 11.8 Å². The fraction of sp³-hybridized carbons (Fsp3) is 0.0952. The van der Waals surface area contributed by atoms with Gasteiger partial charge in [0.2, 0.25) is 15.9 Å². The van der Waals surface area contributed by atoms with Gasteiger partial charge in [-0.3, -0.25) is 9.10 Å². The van der Waals surface area contributed by atoms with Gasteiger partial charge >= 0.3 is 0 Å². The molecule has 1 amide bonds. The van der Waals surface area contributed by atoms with Gasteiger partial charge in [0.1, 0.15) is 12.3 Å². The van der Waals surface area contributed by atoms with Gasteiger partial charge in [0.15, 0.2) is 0 Å². The molecule has 2 N–H and O–H groups in total. The van der Waals surface area contributed by atoms with Crippen LogP contribution < -0.4 is 9.62 Å². The summed E-state index contributed by atoms with van der Waals surface area (Å²) in [5.74, 6) is -0.568. The third kappa shape index (κ3) is 5.75. The van der Waals surface area contributed by atoms with Gasteiger partial charge in [-0.2, -0.15) is 0 Å². The first-order valence-electron chi connectivity index (χ1n) is 8.71. The molecule has 150 valence electrons. The Hall–Kier alpha value is -2.97. The lowest BCUT2D eigenvalue weighted by Gasteiger charge is -2.22. The van der Waals surface area contributed by atoms with Crippen LogP contribution in [-0.4, -0.2) is 32.2 Å². The second-order valence-corrected chi connectivity index (χ2v) is 9.27. The summed E-state index contributed by atoms with van der Waals surface area (Å²) in [7, 11) is -3.72. The highest BCUT2D eigenvalue weighted by molar-refractivity contribution is 7.99.